The van der Waals surface area contributed by atoms with E-state index in [2.05, 4.69) is 21.2 Å². The molecular weight excluding hydrogens is 489 g/mol. The number of nitrogens with one attached hydrogen (secondary N) is 1. The fraction of sp³-hybridized carbons (Fsp3) is 0.308. The maximum atomic E-state index is 13.1. The second-order valence-corrected chi connectivity index (χ2v) is 8.22. The van der Waals surface area contributed by atoms with Gasteiger partial charge in [-0.2, -0.15) is 0 Å². The lowest BCUT2D eigenvalue weighted by atomic mass is 10.1. The predicted molar refractivity (Wildman–Crippen MR) is 131 cm³/mol. The van der Waals surface area contributed by atoms with Crippen molar-refractivity contribution in [3.8, 4) is 23.0 Å². The van der Waals surface area contributed by atoms with Crippen LogP contribution >= 0.6 is 15.9 Å². The van der Waals surface area contributed by atoms with Crippen LogP contribution in [-0.2, 0) is 19.6 Å². The van der Waals surface area contributed by atoms with Gasteiger partial charge in [0.25, 0.3) is 0 Å². The van der Waals surface area contributed by atoms with Crippen molar-refractivity contribution in [1.82, 2.24) is 5.32 Å². The number of hydrogen-bond donors (Lipinski definition) is 1. The molecule has 0 aliphatic rings. The minimum Gasteiger partial charge on any atom is -0.493 e. The van der Waals surface area contributed by atoms with Gasteiger partial charge in [-0.25, -0.2) is 4.39 Å². The summed E-state index contributed by atoms with van der Waals surface area (Å²) < 4.78 is 36.4. The lowest BCUT2D eigenvalue weighted by molar-refractivity contribution is 0.267. The average molecular weight is 518 g/mol. The first-order valence-corrected chi connectivity index (χ1v) is 11.6. The Hall–Kier alpha value is -2.77. The van der Waals surface area contributed by atoms with Crippen molar-refractivity contribution in [2.75, 3.05) is 27.4 Å². The molecular formula is C26H29BrFNO4. The summed E-state index contributed by atoms with van der Waals surface area (Å²) in [5.74, 6) is 2.50. The van der Waals surface area contributed by atoms with E-state index in [9.17, 15) is 4.39 Å². The zero-order valence-electron chi connectivity index (χ0n) is 19.1. The summed E-state index contributed by atoms with van der Waals surface area (Å²) in [6.45, 7) is 4.27. The van der Waals surface area contributed by atoms with E-state index < -0.39 is 0 Å². The SMILES string of the molecule is CCOc1cc(CNCCc2ccc(OC)c(OC)c2)cc(Br)c1OCc1ccc(F)cc1. The van der Waals surface area contributed by atoms with Crippen molar-refractivity contribution in [2.45, 2.75) is 26.5 Å². The highest BCUT2D eigenvalue weighted by Crippen LogP contribution is 2.37. The third-order valence-electron chi connectivity index (χ3n) is 5.03. The molecule has 0 aliphatic heterocycles. The predicted octanol–water partition coefficient (Wildman–Crippen LogP) is 5.92. The lowest BCUT2D eigenvalue weighted by Gasteiger charge is -2.16. The van der Waals surface area contributed by atoms with E-state index in [1.807, 2.05) is 37.3 Å². The molecule has 0 atom stereocenters. The van der Waals surface area contributed by atoms with E-state index in [1.54, 1.807) is 26.4 Å². The van der Waals surface area contributed by atoms with Crippen molar-refractivity contribution >= 4 is 15.9 Å². The van der Waals surface area contributed by atoms with Gasteiger partial charge in [-0.3, -0.25) is 0 Å². The zero-order valence-corrected chi connectivity index (χ0v) is 20.7. The van der Waals surface area contributed by atoms with Crippen LogP contribution in [-0.4, -0.2) is 27.4 Å². The molecule has 0 fully saturated rings. The van der Waals surface area contributed by atoms with Gasteiger partial charge in [0, 0.05) is 6.54 Å². The fourth-order valence-corrected chi connectivity index (χ4v) is 3.97. The number of halogens is 2. The molecule has 0 amide bonds. The molecule has 0 bridgehead atoms. The molecule has 3 aromatic carbocycles. The van der Waals surface area contributed by atoms with E-state index in [0.29, 0.717) is 31.3 Å². The summed E-state index contributed by atoms with van der Waals surface area (Å²) in [6.07, 6.45) is 0.860. The van der Waals surface area contributed by atoms with Crippen LogP contribution in [0.2, 0.25) is 0 Å². The molecule has 0 saturated heterocycles. The highest BCUT2D eigenvalue weighted by atomic mass is 79.9. The maximum Gasteiger partial charge on any atom is 0.175 e. The third-order valence-corrected chi connectivity index (χ3v) is 5.62. The Balaban J connectivity index is 1.59. The largest absolute Gasteiger partial charge is 0.493 e. The van der Waals surface area contributed by atoms with Crippen molar-refractivity contribution < 1.29 is 23.3 Å². The number of rotatable bonds is 12. The van der Waals surface area contributed by atoms with Gasteiger partial charge in [0.05, 0.1) is 25.3 Å². The molecule has 33 heavy (non-hydrogen) atoms. The summed E-state index contributed by atoms with van der Waals surface area (Å²) in [7, 11) is 3.27. The normalized spacial score (nSPS) is 10.7. The summed E-state index contributed by atoms with van der Waals surface area (Å²) >= 11 is 3.61. The number of ether oxygens (including phenoxy) is 4. The second-order valence-electron chi connectivity index (χ2n) is 7.37. The minimum absolute atomic E-state index is 0.266. The van der Waals surface area contributed by atoms with E-state index in [0.717, 1.165) is 40.1 Å². The molecule has 5 nitrogen and oxygen atoms in total. The van der Waals surface area contributed by atoms with Crippen LogP contribution in [0.3, 0.4) is 0 Å². The van der Waals surface area contributed by atoms with Gasteiger partial charge in [0.2, 0.25) is 0 Å². The summed E-state index contributed by atoms with van der Waals surface area (Å²) in [5, 5.41) is 3.47. The molecule has 1 N–H and O–H groups in total. The van der Waals surface area contributed by atoms with Crippen LogP contribution in [0.1, 0.15) is 23.6 Å². The topological polar surface area (TPSA) is 49.0 Å². The molecule has 0 unspecified atom stereocenters. The summed E-state index contributed by atoms with van der Waals surface area (Å²) in [4.78, 5) is 0. The summed E-state index contributed by atoms with van der Waals surface area (Å²) in [5.41, 5.74) is 3.12. The van der Waals surface area contributed by atoms with Gasteiger partial charge in [0.1, 0.15) is 12.4 Å². The fourth-order valence-electron chi connectivity index (χ4n) is 3.36. The van der Waals surface area contributed by atoms with Crippen molar-refractivity contribution in [2.24, 2.45) is 0 Å². The molecule has 3 aromatic rings. The van der Waals surface area contributed by atoms with Crippen LogP contribution in [0.5, 0.6) is 23.0 Å². The molecule has 0 heterocycles. The quantitative estimate of drug-likeness (QED) is 0.302. The van der Waals surface area contributed by atoms with Gasteiger partial charge in [-0.1, -0.05) is 18.2 Å². The van der Waals surface area contributed by atoms with Gasteiger partial charge in [-0.05, 0) is 88.9 Å². The number of hydrogen-bond acceptors (Lipinski definition) is 5. The average Bonchev–Trinajstić information content (AvgIpc) is 2.82. The standard InChI is InChI=1S/C26H29BrFNO4/c1-4-32-25-15-20(13-22(27)26(25)33-17-19-5-8-21(28)9-6-19)16-29-12-11-18-7-10-23(30-2)24(14-18)31-3/h5-10,13-15,29H,4,11-12,16-17H2,1-3H3. The smallest absolute Gasteiger partial charge is 0.175 e. The second kappa shape index (κ2) is 12.5. The molecule has 0 aliphatic carbocycles. The zero-order chi connectivity index (χ0) is 23.6. The third kappa shape index (κ3) is 7.11. The molecule has 176 valence electrons. The number of methoxy groups -OCH3 is 2. The van der Waals surface area contributed by atoms with Crippen LogP contribution in [0, 0.1) is 5.82 Å². The van der Waals surface area contributed by atoms with E-state index in [4.69, 9.17) is 18.9 Å². The Bertz CT molecular complexity index is 1040. The Kier molecular flexibility index (Phi) is 9.39. The maximum absolute atomic E-state index is 13.1. The first-order valence-electron chi connectivity index (χ1n) is 10.8. The van der Waals surface area contributed by atoms with Gasteiger partial charge >= 0.3 is 0 Å². The molecule has 7 heteroatoms. The Morgan fingerprint density at radius 2 is 1.52 bits per heavy atom. The Morgan fingerprint density at radius 1 is 0.818 bits per heavy atom. The van der Waals surface area contributed by atoms with Crippen molar-refractivity contribution in [3.63, 3.8) is 0 Å². The van der Waals surface area contributed by atoms with Crippen molar-refractivity contribution in [1.29, 1.82) is 0 Å². The van der Waals surface area contributed by atoms with Gasteiger partial charge in [0.15, 0.2) is 23.0 Å². The lowest BCUT2D eigenvalue weighted by Crippen LogP contribution is -2.17. The van der Waals surface area contributed by atoms with Crippen LogP contribution < -0.4 is 24.3 Å². The highest BCUT2D eigenvalue weighted by Gasteiger charge is 2.13. The minimum atomic E-state index is -0.266. The van der Waals surface area contributed by atoms with Crippen LogP contribution in [0.15, 0.2) is 59.1 Å². The molecule has 0 spiro atoms. The Labute approximate surface area is 203 Å². The first-order chi connectivity index (χ1) is 16.0. The number of benzene rings is 3. The van der Waals surface area contributed by atoms with Crippen LogP contribution in [0.4, 0.5) is 4.39 Å². The van der Waals surface area contributed by atoms with E-state index in [1.165, 1.54) is 17.7 Å². The highest BCUT2D eigenvalue weighted by molar-refractivity contribution is 9.10. The van der Waals surface area contributed by atoms with E-state index in [-0.39, 0.29) is 5.82 Å². The van der Waals surface area contributed by atoms with Gasteiger partial charge < -0.3 is 24.3 Å². The molecule has 0 aromatic heterocycles. The van der Waals surface area contributed by atoms with Gasteiger partial charge in [-0.15, -0.1) is 0 Å². The molecule has 3 rings (SSSR count). The Morgan fingerprint density at radius 3 is 2.21 bits per heavy atom. The van der Waals surface area contributed by atoms with Crippen LogP contribution in [0.25, 0.3) is 0 Å². The molecule has 0 radical (unpaired) electrons. The first kappa shape index (κ1) is 24.9. The van der Waals surface area contributed by atoms with Crippen molar-refractivity contribution in [3.05, 3.63) is 81.6 Å². The summed E-state index contributed by atoms with van der Waals surface area (Å²) in [6, 6.07) is 16.2. The molecule has 0 saturated carbocycles. The monoisotopic (exact) mass is 517 g/mol. The van der Waals surface area contributed by atoms with E-state index >= 15 is 0 Å².